The summed E-state index contributed by atoms with van der Waals surface area (Å²) in [6.45, 7) is 8.42. The Kier molecular flexibility index (Phi) is 7.37. The molecular formula is C15H29N3O. The van der Waals surface area contributed by atoms with Crippen molar-refractivity contribution in [1.29, 1.82) is 5.26 Å². The van der Waals surface area contributed by atoms with Crippen molar-refractivity contribution in [3.05, 3.63) is 0 Å². The fourth-order valence-corrected chi connectivity index (χ4v) is 2.59. The Morgan fingerprint density at radius 3 is 2.84 bits per heavy atom. The van der Waals surface area contributed by atoms with Gasteiger partial charge < -0.3 is 9.64 Å². The van der Waals surface area contributed by atoms with Gasteiger partial charge in [-0.1, -0.05) is 6.92 Å². The summed E-state index contributed by atoms with van der Waals surface area (Å²) in [5.74, 6) is 0. The molecule has 4 nitrogen and oxygen atoms in total. The van der Waals surface area contributed by atoms with Gasteiger partial charge in [0.05, 0.1) is 12.2 Å². The second-order valence-corrected chi connectivity index (χ2v) is 5.77. The molecule has 2 unspecified atom stereocenters. The molecule has 0 bridgehead atoms. The van der Waals surface area contributed by atoms with Gasteiger partial charge in [0.1, 0.15) is 5.54 Å². The van der Waals surface area contributed by atoms with Crippen LogP contribution in [0.1, 0.15) is 46.0 Å². The Balaban J connectivity index is 2.14. The summed E-state index contributed by atoms with van der Waals surface area (Å²) >= 11 is 0. The maximum absolute atomic E-state index is 9.25. The van der Waals surface area contributed by atoms with Crippen LogP contribution >= 0.6 is 0 Å². The van der Waals surface area contributed by atoms with Gasteiger partial charge in [-0.25, -0.2) is 0 Å². The summed E-state index contributed by atoms with van der Waals surface area (Å²) in [4.78, 5) is 2.47. The van der Waals surface area contributed by atoms with Crippen LogP contribution in [0.4, 0.5) is 0 Å². The zero-order valence-electron chi connectivity index (χ0n) is 12.7. The van der Waals surface area contributed by atoms with Crippen LogP contribution in [-0.2, 0) is 4.74 Å². The normalized spacial score (nSPS) is 23.2. The predicted molar refractivity (Wildman–Crippen MR) is 78.0 cm³/mol. The van der Waals surface area contributed by atoms with E-state index in [9.17, 15) is 5.26 Å². The lowest BCUT2D eigenvalue weighted by atomic mass is 9.96. The predicted octanol–water partition coefficient (Wildman–Crippen LogP) is 2.16. The van der Waals surface area contributed by atoms with Gasteiger partial charge in [-0.3, -0.25) is 5.32 Å². The van der Waals surface area contributed by atoms with Gasteiger partial charge in [-0.2, -0.15) is 5.26 Å². The molecule has 1 aliphatic rings. The Bertz CT molecular complexity index is 290. The Morgan fingerprint density at radius 2 is 2.26 bits per heavy atom. The van der Waals surface area contributed by atoms with Crippen molar-refractivity contribution in [2.75, 3.05) is 33.3 Å². The monoisotopic (exact) mass is 267 g/mol. The van der Waals surface area contributed by atoms with E-state index >= 15 is 0 Å². The number of hydrogen-bond donors (Lipinski definition) is 1. The average molecular weight is 267 g/mol. The molecule has 110 valence electrons. The number of methoxy groups -OCH3 is 1. The van der Waals surface area contributed by atoms with Crippen molar-refractivity contribution in [2.45, 2.75) is 57.6 Å². The molecule has 1 heterocycles. The lowest BCUT2D eigenvalue weighted by Crippen LogP contribution is -2.41. The number of nitriles is 1. The summed E-state index contributed by atoms with van der Waals surface area (Å²) in [7, 11) is 1.80. The summed E-state index contributed by atoms with van der Waals surface area (Å²) in [6.07, 6.45) is 5.87. The average Bonchev–Trinajstić information content (AvgIpc) is 2.89. The SMILES string of the molecule is CCCNC(C)(C#N)CCCCN1CCC(OC)C1. The number of rotatable bonds is 9. The minimum atomic E-state index is -0.351. The zero-order chi connectivity index (χ0) is 14.1. The van der Waals surface area contributed by atoms with Crippen LogP contribution in [0.5, 0.6) is 0 Å². The van der Waals surface area contributed by atoms with Crippen molar-refractivity contribution in [2.24, 2.45) is 0 Å². The summed E-state index contributed by atoms with van der Waals surface area (Å²) in [6, 6.07) is 2.41. The highest BCUT2D eigenvalue weighted by Crippen LogP contribution is 2.16. The van der Waals surface area contributed by atoms with E-state index in [1.165, 1.54) is 6.42 Å². The molecule has 19 heavy (non-hydrogen) atoms. The molecular weight excluding hydrogens is 238 g/mol. The van der Waals surface area contributed by atoms with Crippen molar-refractivity contribution < 1.29 is 4.74 Å². The quantitative estimate of drug-likeness (QED) is 0.650. The van der Waals surface area contributed by atoms with E-state index in [4.69, 9.17) is 4.74 Å². The number of likely N-dealkylation sites (tertiary alicyclic amines) is 1. The van der Waals surface area contributed by atoms with E-state index in [0.29, 0.717) is 6.10 Å². The van der Waals surface area contributed by atoms with Crippen molar-refractivity contribution >= 4 is 0 Å². The van der Waals surface area contributed by atoms with E-state index in [-0.39, 0.29) is 5.54 Å². The molecule has 0 aliphatic carbocycles. The molecule has 1 rings (SSSR count). The number of unbranched alkanes of at least 4 members (excludes halogenated alkanes) is 1. The van der Waals surface area contributed by atoms with Crippen molar-refractivity contribution in [1.82, 2.24) is 10.2 Å². The van der Waals surface area contributed by atoms with Gasteiger partial charge >= 0.3 is 0 Å². The van der Waals surface area contributed by atoms with Crippen LogP contribution in [-0.4, -0.2) is 49.8 Å². The van der Waals surface area contributed by atoms with Crippen LogP contribution in [0.15, 0.2) is 0 Å². The lowest BCUT2D eigenvalue weighted by Gasteiger charge is -2.23. The molecule has 0 aromatic heterocycles. The molecule has 0 aromatic rings. The van der Waals surface area contributed by atoms with Crippen LogP contribution in [0.3, 0.4) is 0 Å². The van der Waals surface area contributed by atoms with E-state index < -0.39 is 0 Å². The summed E-state index contributed by atoms with van der Waals surface area (Å²) in [5.41, 5.74) is -0.351. The highest BCUT2D eigenvalue weighted by molar-refractivity contribution is 5.03. The van der Waals surface area contributed by atoms with Crippen LogP contribution in [0, 0.1) is 11.3 Å². The Hall–Kier alpha value is -0.630. The number of ether oxygens (including phenoxy) is 1. The van der Waals surface area contributed by atoms with E-state index in [1.54, 1.807) is 7.11 Å². The minimum Gasteiger partial charge on any atom is -0.380 e. The first-order valence-corrected chi connectivity index (χ1v) is 7.55. The Morgan fingerprint density at radius 1 is 1.47 bits per heavy atom. The first kappa shape index (κ1) is 16.4. The van der Waals surface area contributed by atoms with E-state index in [1.807, 2.05) is 6.92 Å². The highest BCUT2D eigenvalue weighted by atomic mass is 16.5. The van der Waals surface area contributed by atoms with Gasteiger partial charge in [-0.05, 0) is 52.1 Å². The topological polar surface area (TPSA) is 48.3 Å². The van der Waals surface area contributed by atoms with Gasteiger partial charge in [0.15, 0.2) is 0 Å². The maximum Gasteiger partial charge on any atom is 0.103 e. The fraction of sp³-hybridized carbons (Fsp3) is 0.933. The number of nitrogens with zero attached hydrogens (tertiary/aromatic N) is 2. The van der Waals surface area contributed by atoms with E-state index in [0.717, 1.165) is 51.9 Å². The molecule has 0 spiro atoms. The standard InChI is InChI=1S/C15H29N3O/c1-4-9-17-15(2,13-16)8-5-6-10-18-11-7-14(12-18)19-3/h14,17H,4-12H2,1-3H3. The maximum atomic E-state index is 9.25. The van der Waals surface area contributed by atoms with Crippen molar-refractivity contribution in [3.8, 4) is 6.07 Å². The van der Waals surface area contributed by atoms with E-state index in [2.05, 4.69) is 23.2 Å². The molecule has 0 saturated carbocycles. The van der Waals surface area contributed by atoms with Crippen molar-refractivity contribution in [3.63, 3.8) is 0 Å². The molecule has 0 radical (unpaired) electrons. The van der Waals surface area contributed by atoms with Gasteiger partial charge in [0.25, 0.3) is 0 Å². The summed E-state index contributed by atoms with van der Waals surface area (Å²) in [5, 5.41) is 12.6. The molecule has 1 aliphatic heterocycles. The molecule has 2 atom stereocenters. The van der Waals surface area contributed by atoms with Crippen LogP contribution in [0.2, 0.25) is 0 Å². The van der Waals surface area contributed by atoms with Gasteiger partial charge in [0, 0.05) is 20.2 Å². The molecule has 1 fully saturated rings. The zero-order valence-corrected chi connectivity index (χ0v) is 12.7. The molecule has 1 saturated heterocycles. The third-order valence-corrected chi connectivity index (χ3v) is 3.98. The van der Waals surface area contributed by atoms with Gasteiger partial charge in [0.2, 0.25) is 0 Å². The third kappa shape index (κ3) is 5.90. The smallest absolute Gasteiger partial charge is 0.103 e. The molecule has 0 aromatic carbocycles. The number of nitrogens with one attached hydrogen (secondary N) is 1. The second-order valence-electron chi connectivity index (χ2n) is 5.77. The largest absolute Gasteiger partial charge is 0.380 e. The Labute approximate surface area is 118 Å². The minimum absolute atomic E-state index is 0.351. The lowest BCUT2D eigenvalue weighted by molar-refractivity contribution is 0.108. The second kappa shape index (κ2) is 8.52. The van der Waals surface area contributed by atoms with Gasteiger partial charge in [-0.15, -0.1) is 0 Å². The molecule has 4 heteroatoms. The van der Waals surface area contributed by atoms with Crippen LogP contribution in [0.25, 0.3) is 0 Å². The third-order valence-electron chi connectivity index (χ3n) is 3.98. The summed E-state index contributed by atoms with van der Waals surface area (Å²) < 4.78 is 5.37. The molecule has 0 amide bonds. The first-order valence-electron chi connectivity index (χ1n) is 7.55. The first-order chi connectivity index (χ1) is 9.13. The number of hydrogen-bond acceptors (Lipinski definition) is 4. The molecule has 1 N–H and O–H groups in total. The fourth-order valence-electron chi connectivity index (χ4n) is 2.59. The van der Waals surface area contributed by atoms with Crippen LogP contribution < -0.4 is 5.32 Å². The highest BCUT2D eigenvalue weighted by Gasteiger charge is 2.23.